The fourth-order valence-corrected chi connectivity index (χ4v) is 6.14. The number of aliphatic hydroxyl groups excluding tert-OH is 2. The number of rotatable bonds is 13. The zero-order valence-corrected chi connectivity index (χ0v) is 20.6. The van der Waals surface area contributed by atoms with E-state index in [2.05, 4.69) is 26.0 Å². The van der Waals surface area contributed by atoms with Crippen LogP contribution in [0.5, 0.6) is 0 Å². The Labute approximate surface area is 196 Å². The molecule has 0 aromatic heterocycles. The van der Waals surface area contributed by atoms with Crippen LogP contribution in [-0.4, -0.2) is 46.3 Å². The predicted octanol–water partition coefficient (Wildman–Crippen LogP) is 5.64. The van der Waals surface area contributed by atoms with E-state index in [0.717, 1.165) is 58.0 Å². The molecule has 3 aliphatic rings. The van der Waals surface area contributed by atoms with Crippen LogP contribution in [0.3, 0.4) is 0 Å². The summed E-state index contributed by atoms with van der Waals surface area (Å²) in [4.78, 5) is 14.2. The van der Waals surface area contributed by atoms with Gasteiger partial charge in [-0.2, -0.15) is 0 Å². The van der Waals surface area contributed by atoms with E-state index in [9.17, 15) is 15.0 Å². The number of unbranched alkanes of at least 4 members (excludes halogenated alkanes) is 3. The molecule has 0 aromatic rings. The lowest BCUT2D eigenvalue weighted by Crippen LogP contribution is -2.27. The van der Waals surface area contributed by atoms with E-state index in [1.165, 1.54) is 32.1 Å². The molecule has 4 nitrogen and oxygen atoms in total. The minimum Gasteiger partial charge on any atom is -0.392 e. The first-order chi connectivity index (χ1) is 15.5. The van der Waals surface area contributed by atoms with E-state index in [4.69, 9.17) is 0 Å². The van der Waals surface area contributed by atoms with Gasteiger partial charge in [0.05, 0.1) is 12.2 Å². The molecule has 1 aliphatic heterocycles. The zero-order chi connectivity index (χ0) is 22.9. The van der Waals surface area contributed by atoms with Crippen molar-refractivity contribution in [3.63, 3.8) is 0 Å². The highest BCUT2D eigenvalue weighted by Crippen LogP contribution is 2.48. The summed E-state index contributed by atoms with van der Waals surface area (Å²) < 4.78 is 0. The van der Waals surface area contributed by atoms with Crippen molar-refractivity contribution < 1.29 is 15.0 Å². The molecule has 2 N–H and O–H groups in total. The molecule has 1 amide bonds. The maximum Gasteiger partial charge on any atom is 0.222 e. The number of carbonyl (C=O) groups is 1. The summed E-state index contributed by atoms with van der Waals surface area (Å²) in [6.45, 7) is 6.36. The summed E-state index contributed by atoms with van der Waals surface area (Å²) in [5.74, 6) is 2.06. The summed E-state index contributed by atoms with van der Waals surface area (Å²) in [6.07, 6.45) is 19.7. The number of likely N-dealkylation sites (tertiary alicyclic amines) is 1. The van der Waals surface area contributed by atoms with Gasteiger partial charge in [-0.1, -0.05) is 63.3 Å². The van der Waals surface area contributed by atoms with Crippen LogP contribution in [0.4, 0.5) is 0 Å². The highest BCUT2D eigenvalue weighted by Gasteiger charge is 2.43. The Kier molecular flexibility index (Phi) is 10.3. The minimum absolute atomic E-state index is 0.174. The summed E-state index contributed by atoms with van der Waals surface area (Å²) in [5.41, 5.74) is 1.55. The van der Waals surface area contributed by atoms with Gasteiger partial charge in [0.1, 0.15) is 0 Å². The van der Waals surface area contributed by atoms with Gasteiger partial charge in [-0.25, -0.2) is 0 Å². The Morgan fingerprint density at radius 2 is 2.00 bits per heavy atom. The smallest absolute Gasteiger partial charge is 0.222 e. The van der Waals surface area contributed by atoms with Crippen molar-refractivity contribution in [2.45, 2.75) is 110 Å². The molecule has 0 bridgehead atoms. The van der Waals surface area contributed by atoms with Crippen molar-refractivity contribution in [2.24, 2.45) is 23.7 Å². The molecule has 2 fully saturated rings. The number of aliphatic hydroxyl groups is 2. The van der Waals surface area contributed by atoms with Crippen molar-refractivity contribution in [1.82, 2.24) is 4.90 Å². The largest absolute Gasteiger partial charge is 0.392 e. The second kappa shape index (κ2) is 12.9. The number of hydrogen-bond donors (Lipinski definition) is 2. The normalized spacial score (nSPS) is 29.5. The molecule has 3 rings (SSSR count). The number of carbonyl (C=O) groups excluding carboxylic acids is 1. The van der Waals surface area contributed by atoms with Gasteiger partial charge in [-0.3, -0.25) is 4.79 Å². The first-order valence-electron chi connectivity index (χ1n) is 13.5. The SMILES string of the molecule is CCCC[C@H](C)C[C@H](O)/C=C/[C@@H]1[C@H]2CC(CCCCCC(=O)N3CCCC3)=C[C@H]2C[C@H]1O. The predicted molar refractivity (Wildman–Crippen MR) is 131 cm³/mol. The summed E-state index contributed by atoms with van der Waals surface area (Å²) in [6, 6.07) is 0. The van der Waals surface area contributed by atoms with Gasteiger partial charge in [-0.05, 0) is 69.1 Å². The maximum atomic E-state index is 12.1. The van der Waals surface area contributed by atoms with Crippen molar-refractivity contribution in [3.8, 4) is 0 Å². The average Bonchev–Trinajstić information content (AvgIpc) is 3.47. The van der Waals surface area contributed by atoms with Crippen molar-refractivity contribution in [3.05, 3.63) is 23.8 Å². The van der Waals surface area contributed by atoms with Crippen LogP contribution in [0.15, 0.2) is 23.8 Å². The molecule has 1 saturated heterocycles. The summed E-state index contributed by atoms with van der Waals surface area (Å²) in [7, 11) is 0. The van der Waals surface area contributed by atoms with E-state index in [0.29, 0.717) is 30.1 Å². The second-order valence-electron chi connectivity index (χ2n) is 10.8. The third-order valence-electron chi connectivity index (χ3n) is 8.05. The van der Waals surface area contributed by atoms with Gasteiger partial charge < -0.3 is 15.1 Å². The van der Waals surface area contributed by atoms with Gasteiger partial charge >= 0.3 is 0 Å². The lowest BCUT2D eigenvalue weighted by atomic mass is 9.88. The van der Waals surface area contributed by atoms with Crippen molar-refractivity contribution in [1.29, 1.82) is 0 Å². The lowest BCUT2D eigenvalue weighted by Gasteiger charge is -2.19. The summed E-state index contributed by atoms with van der Waals surface area (Å²) in [5, 5.41) is 21.0. The second-order valence-corrected chi connectivity index (χ2v) is 10.8. The fraction of sp³-hybridized carbons (Fsp3) is 0.821. The van der Waals surface area contributed by atoms with Gasteiger partial charge in [0.25, 0.3) is 0 Å². The van der Waals surface area contributed by atoms with Gasteiger partial charge in [0.2, 0.25) is 5.91 Å². The third kappa shape index (κ3) is 7.45. The molecular formula is C28H47NO3. The standard InChI is InChI=1S/C28H47NO3/c1-3-4-10-21(2)17-24(30)13-14-25-26-19-22(18-23(26)20-27(25)31)11-6-5-7-12-28(32)29-15-8-9-16-29/h13-14,18,21,23-27,30-31H,3-12,15-17,19-20H2,1-2H3/b14-13+/t21-,23-,24+,25+,26-,27+/m0/s1. The van der Waals surface area contributed by atoms with Gasteiger partial charge in [-0.15, -0.1) is 0 Å². The highest BCUT2D eigenvalue weighted by molar-refractivity contribution is 5.76. The molecule has 0 spiro atoms. The van der Waals surface area contributed by atoms with Crippen LogP contribution in [-0.2, 0) is 4.79 Å². The number of allylic oxidation sites excluding steroid dienone is 2. The molecule has 0 unspecified atom stereocenters. The zero-order valence-electron chi connectivity index (χ0n) is 20.6. The van der Waals surface area contributed by atoms with Crippen LogP contribution in [0.2, 0.25) is 0 Å². The molecule has 32 heavy (non-hydrogen) atoms. The van der Waals surface area contributed by atoms with Crippen molar-refractivity contribution >= 4 is 5.91 Å². The molecule has 182 valence electrons. The van der Waals surface area contributed by atoms with Crippen LogP contribution in [0.1, 0.15) is 97.3 Å². The van der Waals surface area contributed by atoms with Crippen LogP contribution < -0.4 is 0 Å². The van der Waals surface area contributed by atoms with Gasteiger partial charge in [0.15, 0.2) is 0 Å². The van der Waals surface area contributed by atoms with Gasteiger partial charge in [0, 0.05) is 25.4 Å². The molecule has 0 radical (unpaired) electrons. The van der Waals surface area contributed by atoms with Crippen molar-refractivity contribution in [2.75, 3.05) is 13.1 Å². The van der Waals surface area contributed by atoms with E-state index >= 15 is 0 Å². The third-order valence-corrected chi connectivity index (χ3v) is 8.05. The number of amides is 1. The Balaban J connectivity index is 1.35. The molecule has 2 aliphatic carbocycles. The molecular weight excluding hydrogens is 398 g/mol. The molecule has 4 heteroatoms. The Bertz CT molecular complexity index is 637. The van der Waals surface area contributed by atoms with E-state index in [1.54, 1.807) is 5.57 Å². The average molecular weight is 446 g/mol. The fourth-order valence-electron chi connectivity index (χ4n) is 6.14. The summed E-state index contributed by atoms with van der Waals surface area (Å²) >= 11 is 0. The Morgan fingerprint density at radius 3 is 2.75 bits per heavy atom. The molecule has 6 atom stereocenters. The molecule has 0 aromatic carbocycles. The Hall–Kier alpha value is -1.13. The molecule has 1 heterocycles. The van der Waals surface area contributed by atoms with E-state index in [-0.39, 0.29) is 12.0 Å². The first kappa shape index (κ1) is 25.5. The van der Waals surface area contributed by atoms with E-state index in [1.807, 2.05) is 11.0 Å². The lowest BCUT2D eigenvalue weighted by molar-refractivity contribution is -0.130. The maximum absolute atomic E-state index is 12.1. The molecule has 1 saturated carbocycles. The number of nitrogens with zero attached hydrogens (tertiary/aromatic N) is 1. The number of hydrogen-bond acceptors (Lipinski definition) is 3. The monoisotopic (exact) mass is 445 g/mol. The van der Waals surface area contributed by atoms with Crippen LogP contribution in [0, 0.1) is 23.7 Å². The first-order valence-corrected chi connectivity index (χ1v) is 13.5. The number of fused-ring (bicyclic) bond motifs is 1. The van der Waals surface area contributed by atoms with Crippen LogP contribution in [0.25, 0.3) is 0 Å². The topological polar surface area (TPSA) is 60.8 Å². The minimum atomic E-state index is -0.398. The highest BCUT2D eigenvalue weighted by atomic mass is 16.3. The quantitative estimate of drug-likeness (QED) is 0.285. The van der Waals surface area contributed by atoms with Crippen LogP contribution >= 0.6 is 0 Å². The van der Waals surface area contributed by atoms with E-state index < -0.39 is 6.10 Å². The Morgan fingerprint density at radius 1 is 1.22 bits per heavy atom.